The molecule has 1 atom stereocenters. The first-order chi connectivity index (χ1) is 12.5. The quantitative estimate of drug-likeness (QED) is 0.715. The summed E-state index contributed by atoms with van der Waals surface area (Å²) in [6.45, 7) is 2.48. The van der Waals surface area contributed by atoms with Crippen molar-refractivity contribution in [3.8, 4) is 11.3 Å². The SMILES string of the molecule is Cc1ccc(-c2cc(C(=O)N(C)CC[C@H](O)c3ccccc3)[nH]n2)cc1. The Labute approximate surface area is 153 Å². The van der Waals surface area contributed by atoms with E-state index in [0.717, 1.165) is 16.8 Å². The second-order valence-corrected chi connectivity index (χ2v) is 6.47. The van der Waals surface area contributed by atoms with Gasteiger partial charge in [0.25, 0.3) is 5.91 Å². The molecule has 1 aromatic heterocycles. The third-order valence-corrected chi connectivity index (χ3v) is 4.42. The van der Waals surface area contributed by atoms with Gasteiger partial charge < -0.3 is 10.0 Å². The summed E-state index contributed by atoms with van der Waals surface area (Å²) >= 11 is 0. The lowest BCUT2D eigenvalue weighted by Crippen LogP contribution is -2.29. The molecular formula is C21H23N3O2. The number of benzene rings is 2. The first-order valence-corrected chi connectivity index (χ1v) is 8.65. The molecule has 26 heavy (non-hydrogen) atoms. The maximum Gasteiger partial charge on any atom is 0.271 e. The fraction of sp³-hybridized carbons (Fsp3) is 0.238. The molecule has 0 spiro atoms. The van der Waals surface area contributed by atoms with Crippen LogP contribution in [0.2, 0.25) is 0 Å². The molecule has 1 amide bonds. The third-order valence-electron chi connectivity index (χ3n) is 4.42. The van der Waals surface area contributed by atoms with Gasteiger partial charge in [-0.25, -0.2) is 0 Å². The highest BCUT2D eigenvalue weighted by Gasteiger charge is 2.17. The van der Waals surface area contributed by atoms with E-state index in [1.54, 1.807) is 18.0 Å². The Morgan fingerprint density at radius 1 is 1.15 bits per heavy atom. The van der Waals surface area contributed by atoms with Crippen LogP contribution in [-0.2, 0) is 0 Å². The minimum atomic E-state index is -0.587. The molecule has 0 saturated heterocycles. The topological polar surface area (TPSA) is 69.2 Å². The number of rotatable bonds is 6. The standard InChI is InChI=1S/C21H23N3O2/c1-15-8-10-16(11-9-15)18-14-19(23-22-18)21(26)24(2)13-12-20(25)17-6-4-3-5-7-17/h3-11,14,20,25H,12-13H2,1-2H3,(H,22,23)/t20-/m0/s1. The van der Waals surface area contributed by atoms with E-state index in [2.05, 4.69) is 10.2 Å². The van der Waals surface area contributed by atoms with E-state index in [1.807, 2.05) is 61.5 Å². The number of aromatic amines is 1. The van der Waals surface area contributed by atoms with Crippen LogP contribution in [0, 0.1) is 6.92 Å². The molecule has 0 aliphatic carbocycles. The van der Waals surface area contributed by atoms with E-state index in [9.17, 15) is 9.90 Å². The highest BCUT2D eigenvalue weighted by Crippen LogP contribution is 2.20. The van der Waals surface area contributed by atoms with Crippen LogP contribution in [0.25, 0.3) is 11.3 Å². The number of nitrogens with zero attached hydrogens (tertiary/aromatic N) is 2. The Kier molecular flexibility index (Phi) is 5.49. The Hall–Kier alpha value is -2.92. The lowest BCUT2D eigenvalue weighted by molar-refractivity contribution is 0.0755. The van der Waals surface area contributed by atoms with Crippen LogP contribution in [0.5, 0.6) is 0 Å². The summed E-state index contributed by atoms with van der Waals surface area (Å²) in [6.07, 6.45) is -0.109. The number of hydrogen-bond acceptors (Lipinski definition) is 3. The molecule has 1 heterocycles. The van der Waals surface area contributed by atoms with Gasteiger partial charge in [-0.05, 0) is 25.0 Å². The molecular weight excluding hydrogens is 326 g/mol. The Balaban J connectivity index is 1.61. The number of H-pyrrole nitrogens is 1. The van der Waals surface area contributed by atoms with Crippen molar-refractivity contribution in [3.05, 3.63) is 77.5 Å². The molecule has 0 aliphatic rings. The number of nitrogens with one attached hydrogen (secondary N) is 1. The smallest absolute Gasteiger partial charge is 0.271 e. The van der Waals surface area contributed by atoms with Crippen molar-refractivity contribution in [2.45, 2.75) is 19.4 Å². The molecule has 5 nitrogen and oxygen atoms in total. The minimum Gasteiger partial charge on any atom is -0.388 e. The van der Waals surface area contributed by atoms with Crippen molar-refractivity contribution < 1.29 is 9.90 Å². The summed E-state index contributed by atoms with van der Waals surface area (Å²) in [5.74, 6) is -0.142. The predicted molar refractivity (Wildman–Crippen MR) is 102 cm³/mol. The summed E-state index contributed by atoms with van der Waals surface area (Å²) in [4.78, 5) is 14.2. The highest BCUT2D eigenvalue weighted by atomic mass is 16.3. The van der Waals surface area contributed by atoms with E-state index >= 15 is 0 Å². The number of aliphatic hydroxyl groups excluding tert-OH is 1. The minimum absolute atomic E-state index is 0.142. The van der Waals surface area contributed by atoms with Gasteiger partial charge >= 0.3 is 0 Å². The molecule has 2 aromatic carbocycles. The molecule has 3 rings (SSSR count). The first-order valence-electron chi connectivity index (χ1n) is 8.65. The monoisotopic (exact) mass is 349 g/mol. The molecule has 3 aromatic rings. The normalized spacial score (nSPS) is 12.0. The number of amides is 1. The number of hydrogen-bond donors (Lipinski definition) is 2. The van der Waals surface area contributed by atoms with Crippen LogP contribution in [0.3, 0.4) is 0 Å². The van der Waals surface area contributed by atoms with Gasteiger partial charge in [-0.3, -0.25) is 9.89 Å². The van der Waals surface area contributed by atoms with Crippen LogP contribution < -0.4 is 0 Å². The summed E-state index contributed by atoms with van der Waals surface area (Å²) in [6, 6.07) is 19.2. The Morgan fingerprint density at radius 3 is 2.54 bits per heavy atom. The lowest BCUT2D eigenvalue weighted by atomic mass is 10.1. The van der Waals surface area contributed by atoms with Crippen molar-refractivity contribution in [2.24, 2.45) is 0 Å². The second kappa shape index (κ2) is 7.97. The third kappa shape index (κ3) is 4.18. The van der Waals surface area contributed by atoms with Gasteiger partial charge in [0.2, 0.25) is 0 Å². The zero-order chi connectivity index (χ0) is 18.5. The van der Waals surface area contributed by atoms with Crippen LogP contribution in [0.1, 0.15) is 34.1 Å². The number of carbonyl (C=O) groups is 1. The van der Waals surface area contributed by atoms with E-state index in [1.165, 1.54) is 5.56 Å². The molecule has 0 bridgehead atoms. The number of carbonyl (C=O) groups excluding carboxylic acids is 1. The van der Waals surface area contributed by atoms with E-state index in [-0.39, 0.29) is 5.91 Å². The molecule has 0 saturated carbocycles. The molecule has 5 heteroatoms. The van der Waals surface area contributed by atoms with Gasteiger partial charge in [0.1, 0.15) is 5.69 Å². The molecule has 2 N–H and O–H groups in total. The average Bonchev–Trinajstić information content (AvgIpc) is 3.16. The largest absolute Gasteiger partial charge is 0.388 e. The van der Waals surface area contributed by atoms with E-state index < -0.39 is 6.10 Å². The average molecular weight is 349 g/mol. The zero-order valence-electron chi connectivity index (χ0n) is 15.0. The van der Waals surface area contributed by atoms with E-state index in [0.29, 0.717) is 18.7 Å². The van der Waals surface area contributed by atoms with Crippen LogP contribution in [0.15, 0.2) is 60.7 Å². The molecule has 0 aliphatic heterocycles. The fourth-order valence-electron chi connectivity index (χ4n) is 2.77. The summed E-state index contributed by atoms with van der Waals surface area (Å²) in [5, 5.41) is 17.3. The summed E-state index contributed by atoms with van der Waals surface area (Å²) in [7, 11) is 1.73. The van der Waals surface area contributed by atoms with Crippen molar-refractivity contribution >= 4 is 5.91 Å². The molecule has 0 radical (unpaired) electrons. The molecule has 0 unspecified atom stereocenters. The van der Waals surface area contributed by atoms with Crippen LogP contribution >= 0.6 is 0 Å². The van der Waals surface area contributed by atoms with Gasteiger partial charge in [-0.15, -0.1) is 0 Å². The number of aryl methyl sites for hydroxylation is 1. The van der Waals surface area contributed by atoms with Crippen molar-refractivity contribution in [2.75, 3.05) is 13.6 Å². The van der Waals surface area contributed by atoms with Gasteiger partial charge in [-0.2, -0.15) is 5.10 Å². The fourth-order valence-corrected chi connectivity index (χ4v) is 2.77. The van der Waals surface area contributed by atoms with Crippen LogP contribution in [-0.4, -0.2) is 39.7 Å². The van der Waals surface area contributed by atoms with Gasteiger partial charge in [-0.1, -0.05) is 60.2 Å². The zero-order valence-corrected chi connectivity index (χ0v) is 15.0. The van der Waals surface area contributed by atoms with Crippen LogP contribution in [0.4, 0.5) is 0 Å². The maximum atomic E-state index is 12.6. The lowest BCUT2D eigenvalue weighted by Gasteiger charge is -2.18. The van der Waals surface area contributed by atoms with Crippen molar-refractivity contribution in [1.29, 1.82) is 0 Å². The highest BCUT2D eigenvalue weighted by molar-refractivity contribution is 5.93. The van der Waals surface area contributed by atoms with Crippen molar-refractivity contribution in [3.63, 3.8) is 0 Å². The Morgan fingerprint density at radius 2 is 1.85 bits per heavy atom. The molecule has 134 valence electrons. The van der Waals surface area contributed by atoms with Gasteiger partial charge in [0.15, 0.2) is 0 Å². The van der Waals surface area contributed by atoms with E-state index in [4.69, 9.17) is 0 Å². The molecule has 0 fully saturated rings. The summed E-state index contributed by atoms with van der Waals surface area (Å²) < 4.78 is 0. The number of aromatic nitrogens is 2. The van der Waals surface area contributed by atoms with Crippen molar-refractivity contribution in [1.82, 2.24) is 15.1 Å². The number of aliphatic hydroxyl groups is 1. The maximum absolute atomic E-state index is 12.6. The van der Waals surface area contributed by atoms with Gasteiger partial charge in [0, 0.05) is 19.2 Å². The summed E-state index contributed by atoms with van der Waals surface area (Å²) in [5.41, 5.74) is 4.19. The predicted octanol–water partition coefficient (Wildman–Crippen LogP) is 3.58. The van der Waals surface area contributed by atoms with Gasteiger partial charge in [0.05, 0.1) is 11.8 Å². The second-order valence-electron chi connectivity index (χ2n) is 6.47. The Bertz CT molecular complexity index is 856. The first kappa shape index (κ1) is 17.9.